The van der Waals surface area contributed by atoms with Crippen LogP contribution in [0.1, 0.15) is 55.4 Å². The SMILES string of the molecule is CCC1(CC)COC(CCc2c(C)cc(C)cc2C)(Cn2ccnc2)OC1. The molecule has 0 N–H and O–H groups in total. The molecule has 1 aromatic carbocycles. The number of benzene rings is 1. The molecule has 1 fully saturated rings. The Kier molecular flexibility index (Phi) is 6.07. The van der Waals surface area contributed by atoms with Crippen molar-refractivity contribution in [2.24, 2.45) is 5.41 Å². The Bertz CT molecular complexity index is 715. The summed E-state index contributed by atoms with van der Waals surface area (Å²) in [6.45, 7) is 13.3. The predicted octanol–water partition coefficient (Wildman–Crippen LogP) is 4.99. The molecule has 0 aliphatic carbocycles. The Morgan fingerprint density at radius 2 is 1.67 bits per heavy atom. The van der Waals surface area contributed by atoms with Crippen LogP contribution >= 0.6 is 0 Å². The quantitative estimate of drug-likeness (QED) is 0.689. The largest absolute Gasteiger partial charge is 0.347 e. The van der Waals surface area contributed by atoms with Gasteiger partial charge in [0.25, 0.3) is 0 Å². The second-order valence-corrected chi connectivity index (χ2v) is 8.31. The molecule has 0 unspecified atom stereocenters. The molecule has 3 rings (SSSR count). The van der Waals surface area contributed by atoms with Crippen LogP contribution in [0.3, 0.4) is 0 Å². The molecule has 0 spiro atoms. The van der Waals surface area contributed by atoms with Gasteiger partial charge in [0.2, 0.25) is 0 Å². The highest BCUT2D eigenvalue weighted by Gasteiger charge is 2.43. The third kappa shape index (κ3) is 4.44. The molecule has 0 atom stereocenters. The van der Waals surface area contributed by atoms with Crippen LogP contribution in [-0.2, 0) is 22.4 Å². The van der Waals surface area contributed by atoms with E-state index in [2.05, 4.69) is 56.3 Å². The molecule has 0 radical (unpaired) electrons. The molecule has 1 saturated heterocycles. The minimum absolute atomic E-state index is 0.147. The Labute approximate surface area is 163 Å². The summed E-state index contributed by atoms with van der Waals surface area (Å²) in [5.74, 6) is -0.585. The molecule has 2 aromatic rings. The Hall–Kier alpha value is -1.65. The molecule has 27 heavy (non-hydrogen) atoms. The normalized spacial score (nSPS) is 18.6. The molecule has 0 saturated carbocycles. The van der Waals surface area contributed by atoms with Gasteiger partial charge in [-0.15, -0.1) is 0 Å². The third-order valence-electron chi connectivity index (χ3n) is 6.36. The molecule has 1 aliphatic rings. The van der Waals surface area contributed by atoms with E-state index in [0.717, 1.165) is 38.9 Å². The minimum Gasteiger partial charge on any atom is -0.347 e. The lowest BCUT2D eigenvalue weighted by Crippen LogP contribution is -2.51. The van der Waals surface area contributed by atoms with E-state index in [1.54, 1.807) is 0 Å². The minimum atomic E-state index is -0.585. The van der Waals surface area contributed by atoms with Gasteiger partial charge in [0.15, 0.2) is 5.79 Å². The van der Waals surface area contributed by atoms with Gasteiger partial charge in [0.05, 0.1) is 26.1 Å². The van der Waals surface area contributed by atoms with Crippen molar-refractivity contribution in [3.8, 4) is 0 Å². The lowest BCUT2D eigenvalue weighted by molar-refractivity contribution is -0.313. The van der Waals surface area contributed by atoms with Crippen LogP contribution in [-0.4, -0.2) is 28.6 Å². The maximum Gasteiger partial charge on any atom is 0.186 e. The van der Waals surface area contributed by atoms with Crippen molar-refractivity contribution < 1.29 is 9.47 Å². The van der Waals surface area contributed by atoms with Crippen molar-refractivity contribution in [2.75, 3.05) is 13.2 Å². The molecule has 2 heterocycles. The fourth-order valence-corrected chi connectivity index (χ4v) is 4.20. The summed E-state index contributed by atoms with van der Waals surface area (Å²) < 4.78 is 15.1. The smallest absolute Gasteiger partial charge is 0.186 e. The van der Waals surface area contributed by atoms with Gasteiger partial charge < -0.3 is 14.0 Å². The van der Waals surface area contributed by atoms with Crippen LogP contribution in [0.5, 0.6) is 0 Å². The van der Waals surface area contributed by atoms with E-state index in [0.29, 0.717) is 6.54 Å². The summed E-state index contributed by atoms with van der Waals surface area (Å²) in [6, 6.07) is 4.54. The maximum absolute atomic E-state index is 6.49. The van der Waals surface area contributed by atoms with E-state index >= 15 is 0 Å². The average molecular weight is 371 g/mol. The summed E-state index contributed by atoms with van der Waals surface area (Å²) in [4.78, 5) is 4.19. The summed E-state index contributed by atoms with van der Waals surface area (Å²) in [5, 5.41) is 0. The van der Waals surface area contributed by atoms with Crippen molar-refractivity contribution in [2.45, 2.75) is 72.6 Å². The zero-order valence-electron chi connectivity index (χ0n) is 17.5. The summed E-state index contributed by atoms with van der Waals surface area (Å²) in [5.41, 5.74) is 5.60. The second kappa shape index (κ2) is 8.15. The molecule has 148 valence electrons. The van der Waals surface area contributed by atoms with Gasteiger partial charge in [-0.3, -0.25) is 0 Å². The molecule has 4 nitrogen and oxygen atoms in total. The van der Waals surface area contributed by atoms with Gasteiger partial charge in [0.1, 0.15) is 0 Å². The first-order valence-electron chi connectivity index (χ1n) is 10.2. The fraction of sp³-hybridized carbons (Fsp3) is 0.609. The third-order valence-corrected chi connectivity index (χ3v) is 6.36. The molecule has 0 amide bonds. The van der Waals surface area contributed by atoms with Crippen LogP contribution in [0, 0.1) is 26.2 Å². The van der Waals surface area contributed by atoms with Crippen molar-refractivity contribution in [3.63, 3.8) is 0 Å². The number of nitrogens with zero attached hydrogens (tertiary/aromatic N) is 2. The lowest BCUT2D eigenvalue weighted by atomic mass is 9.83. The number of aromatic nitrogens is 2. The molecular weight excluding hydrogens is 336 g/mol. The number of aryl methyl sites for hydroxylation is 3. The zero-order valence-corrected chi connectivity index (χ0v) is 17.5. The van der Waals surface area contributed by atoms with Gasteiger partial charge in [-0.25, -0.2) is 4.98 Å². The fourth-order valence-electron chi connectivity index (χ4n) is 4.20. The molecule has 1 aliphatic heterocycles. The van der Waals surface area contributed by atoms with Crippen molar-refractivity contribution in [1.29, 1.82) is 0 Å². The molecule has 1 aromatic heterocycles. The first-order valence-corrected chi connectivity index (χ1v) is 10.2. The molecule has 0 bridgehead atoms. The number of rotatable bonds is 7. The Morgan fingerprint density at radius 3 is 2.19 bits per heavy atom. The number of imidazole rings is 1. The van der Waals surface area contributed by atoms with Crippen LogP contribution in [0.2, 0.25) is 0 Å². The van der Waals surface area contributed by atoms with E-state index < -0.39 is 5.79 Å². The highest BCUT2D eigenvalue weighted by atomic mass is 16.7. The summed E-state index contributed by atoms with van der Waals surface area (Å²) >= 11 is 0. The van der Waals surface area contributed by atoms with Crippen LogP contribution in [0.4, 0.5) is 0 Å². The summed E-state index contributed by atoms with van der Waals surface area (Å²) in [7, 11) is 0. The van der Waals surface area contributed by atoms with Gasteiger partial charge in [-0.2, -0.15) is 0 Å². The zero-order chi connectivity index (χ0) is 19.5. The Morgan fingerprint density at radius 1 is 1.04 bits per heavy atom. The van der Waals surface area contributed by atoms with E-state index in [-0.39, 0.29) is 5.41 Å². The lowest BCUT2D eigenvalue weighted by Gasteiger charge is -2.46. The number of ether oxygens (including phenoxy) is 2. The molecule has 4 heteroatoms. The Balaban J connectivity index is 1.79. The first-order chi connectivity index (χ1) is 12.9. The standard InChI is InChI=1S/C23H34N2O2/c1-6-22(7-2)15-26-23(27-16-22,14-25-11-10-24-17-25)9-8-21-19(4)12-18(3)13-20(21)5/h10-13,17H,6-9,14-16H2,1-5H3. The van der Waals surface area contributed by atoms with Crippen LogP contribution in [0.25, 0.3) is 0 Å². The van der Waals surface area contributed by atoms with Crippen LogP contribution in [0.15, 0.2) is 30.9 Å². The van der Waals surface area contributed by atoms with Gasteiger partial charge in [-0.05, 0) is 56.7 Å². The van der Waals surface area contributed by atoms with E-state index in [1.807, 2.05) is 18.7 Å². The first kappa shape index (κ1) is 20.1. The van der Waals surface area contributed by atoms with Crippen molar-refractivity contribution in [3.05, 3.63) is 53.1 Å². The maximum atomic E-state index is 6.49. The van der Waals surface area contributed by atoms with Gasteiger partial charge in [-0.1, -0.05) is 31.5 Å². The second-order valence-electron chi connectivity index (χ2n) is 8.31. The van der Waals surface area contributed by atoms with E-state index in [4.69, 9.17) is 9.47 Å². The van der Waals surface area contributed by atoms with Gasteiger partial charge >= 0.3 is 0 Å². The highest BCUT2D eigenvalue weighted by Crippen LogP contribution is 2.38. The van der Waals surface area contributed by atoms with Gasteiger partial charge in [0, 0.05) is 24.2 Å². The van der Waals surface area contributed by atoms with E-state index in [1.165, 1.54) is 22.3 Å². The van der Waals surface area contributed by atoms with Crippen molar-refractivity contribution >= 4 is 0 Å². The van der Waals surface area contributed by atoms with Crippen LogP contribution < -0.4 is 0 Å². The van der Waals surface area contributed by atoms with E-state index in [9.17, 15) is 0 Å². The highest BCUT2D eigenvalue weighted by molar-refractivity contribution is 5.37. The molecular formula is C23H34N2O2. The summed E-state index contributed by atoms with van der Waals surface area (Å²) in [6.07, 6.45) is 9.61. The topological polar surface area (TPSA) is 36.3 Å². The predicted molar refractivity (Wildman–Crippen MR) is 109 cm³/mol. The average Bonchev–Trinajstić information content (AvgIpc) is 3.15. The number of hydrogen-bond donors (Lipinski definition) is 0. The monoisotopic (exact) mass is 370 g/mol. The van der Waals surface area contributed by atoms with Crippen molar-refractivity contribution in [1.82, 2.24) is 9.55 Å². The number of hydrogen-bond acceptors (Lipinski definition) is 3.